The van der Waals surface area contributed by atoms with Gasteiger partial charge in [-0.05, 0) is 12.1 Å². The molecule has 1 heterocycles. The smallest absolute Gasteiger partial charge is 0.341 e. The zero-order chi connectivity index (χ0) is 14.0. The Bertz CT molecular complexity index is 609. The molecule has 0 fully saturated rings. The van der Waals surface area contributed by atoms with Crippen LogP contribution >= 0.6 is 0 Å². The minimum absolute atomic E-state index is 0.110. The Balaban J connectivity index is 2.38. The highest BCUT2D eigenvalue weighted by Gasteiger charge is 2.20. The van der Waals surface area contributed by atoms with E-state index < -0.39 is 41.6 Å². The third-order valence-corrected chi connectivity index (χ3v) is 2.08. The molecule has 0 amide bonds. The molecule has 100 valence electrons. The molecule has 0 saturated heterocycles. The van der Waals surface area contributed by atoms with Crippen LogP contribution in [0.25, 0.3) is 11.4 Å². The molecule has 0 aliphatic heterocycles. The first-order chi connectivity index (χ1) is 8.99. The zero-order valence-corrected chi connectivity index (χ0v) is 9.25. The minimum atomic E-state index is -1.28. The Kier molecular flexibility index (Phi) is 3.27. The van der Waals surface area contributed by atoms with Crippen LogP contribution in [-0.2, 0) is 4.79 Å². The van der Waals surface area contributed by atoms with Gasteiger partial charge in [-0.25, -0.2) is 13.6 Å². The molecule has 1 aromatic heterocycles. The maximum Gasteiger partial charge on any atom is 0.341 e. The summed E-state index contributed by atoms with van der Waals surface area (Å²) in [6, 6.07) is 2.59. The first-order valence-corrected chi connectivity index (χ1v) is 4.94. The summed E-state index contributed by atoms with van der Waals surface area (Å²) >= 11 is 0. The molecule has 0 aliphatic carbocycles. The van der Waals surface area contributed by atoms with Crippen molar-refractivity contribution in [2.45, 2.75) is 0 Å². The van der Waals surface area contributed by atoms with Crippen molar-refractivity contribution in [3.05, 3.63) is 29.8 Å². The van der Waals surface area contributed by atoms with Gasteiger partial charge in [0.25, 0.3) is 0 Å². The molecule has 2 aromatic rings. The molecular formula is C10H7F2N3O4. The van der Waals surface area contributed by atoms with Gasteiger partial charge >= 0.3 is 12.0 Å². The number of ether oxygens (including phenoxy) is 1. The second kappa shape index (κ2) is 4.88. The largest absolute Gasteiger partial charge is 0.479 e. The fraction of sp³-hybridized carbons (Fsp3) is 0.100. The van der Waals surface area contributed by atoms with E-state index in [1.165, 1.54) is 0 Å². The number of rotatable bonds is 4. The van der Waals surface area contributed by atoms with Crippen molar-refractivity contribution >= 4 is 5.97 Å². The molecule has 1 aromatic carbocycles. The van der Waals surface area contributed by atoms with Crippen LogP contribution in [0.1, 0.15) is 0 Å². The van der Waals surface area contributed by atoms with E-state index in [2.05, 4.69) is 14.8 Å². The van der Waals surface area contributed by atoms with Crippen LogP contribution in [-0.4, -0.2) is 37.8 Å². The van der Waals surface area contributed by atoms with Gasteiger partial charge in [0.1, 0.15) is 11.6 Å². The number of carboxylic acids is 1. The quantitative estimate of drug-likeness (QED) is 0.802. The highest BCUT2D eigenvalue weighted by atomic mass is 19.1. The van der Waals surface area contributed by atoms with Crippen LogP contribution in [0.2, 0.25) is 0 Å². The van der Waals surface area contributed by atoms with Crippen LogP contribution in [0, 0.1) is 11.6 Å². The number of hydrogen-bond donors (Lipinski definition) is 2. The van der Waals surface area contributed by atoms with Crippen molar-refractivity contribution in [1.29, 1.82) is 0 Å². The molecule has 0 bridgehead atoms. The summed E-state index contributed by atoms with van der Waals surface area (Å²) < 4.78 is 31.5. The summed E-state index contributed by atoms with van der Waals surface area (Å²) in [5.41, 5.74) is -0.595. The average Bonchev–Trinajstić information content (AvgIpc) is 2.68. The predicted octanol–water partition coefficient (Wildman–Crippen LogP) is 0.924. The molecule has 2 N–H and O–H groups in total. The lowest BCUT2D eigenvalue weighted by Crippen LogP contribution is -2.10. The van der Waals surface area contributed by atoms with E-state index >= 15 is 0 Å². The van der Waals surface area contributed by atoms with Crippen LogP contribution in [0.3, 0.4) is 0 Å². The van der Waals surface area contributed by atoms with E-state index in [4.69, 9.17) is 5.11 Å². The lowest BCUT2D eigenvalue weighted by molar-refractivity contribution is -0.139. The summed E-state index contributed by atoms with van der Waals surface area (Å²) in [7, 11) is 0. The lowest BCUT2D eigenvalue weighted by Gasteiger charge is -2.01. The van der Waals surface area contributed by atoms with Gasteiger partial charge in [0, 0.05) is 0 Å². The maximum atomic E-state index is 13.5. The van der Waals surface area contributed by atoms with Gasteiger partial charge < -0.3 is 15.1 Å². The molecule has 9 heteroatoms. The monoisotopic (exact) mass is 271 g/mol. The van der Waals surface area contributed by atoms with Crippen LogP contribution in [0.15, 0.2) is 18.2 Å². The lowest BCUT2D eigenvalue weighted by atomic mass is 10.2. The standard InChI is InChI=1S/C10H7F2N3O4/c11-5-2-1-3-6(12)8(5)9-13-10(14-15(9)18)19-4-7(16)17/h1-3,18H,4H2,(H,16,17). The van der Waals surface area contributed by atoms with Gasteiger partial charge in [-0.1, -0.05) is 16.0 Å². The summed E-state index contributed by atoms with van der Waals surface area (Å²) in [4.78, 5) is 13.9. The van der Waals surface area contributed by atoms with Gasteiger partial charge in [0.15, 0.2) is 6.61 Å². The average molecular weight is 271 g/mol. The van der Waals surface area contributed by atoms with Crippen LogP contribution in [0.4, 0.5) is 8.78 Å². The molecule has 7 nitrogen and oxygen atoms in total. The summed E-state index contributed by atoms with van der Waals surface area (Å²) in [6.07, 6.45) is 0. The Morgan fingerprint density at radius 2 is 2.00 bits per heavy atom. The maximum absolute atomic E-state index is 13.5. The predicted molar refractivity (Wildman–Crippen MR) is 55.7 cm³/mol. The number of carboxylic acid groups (broad SMARTS) is 1. The fourth-order valence-corrected chi connectivity index (χ4v) is 1.34. The van der Waals surface area contributed by atoms with E-state index in [-0.39, 0.29) is 4.85 Å². The molecule has 0 radical (unpaired) electrons. The van der Waals surface area contributed by atoms with Gasteiger partial charge in [0.2, 0.25) is 5.82 Å². The second-order valence-corrected chi connectivity index (χ2v) is 3.39. The molecule has 0 aliphatic rings. The van der Waals surface area contributed by atoms with E-state index in [1.807, 2.05) is 0 Å². The molecule has 0 spiro atoms. The molecule has 0 atom stereocenters. The summed E-state index contributed by atoms with van der Waals surface area (Å²) in [5.74, 6) is -3.72. The molecule has 2 rings (SSSR count). The zero-order valence-electron chi connectivity index (χ0n) is 9.25. The highest BCUT2D eigenvalue weighted by molar-refractivity contribution is 5.68. The number of nitrogens with zero attached hydrogens (tertiary/aromatic N) is 3. The van der Waals surface area contributed by atoms with Gasteiger partial charge in [-0.3, -0.25) is 0 Å². The second-order valence-electron chi connectivity index (χ2n) is 3.39. The summed E-state index contributed by atoms with van der Waals surface area (Å²) in [6.45, 7) is -0.747. The normalized spacial score (nSPS) is 10.4. The molecule has 0 saturated carbocycles. The van der Waals surface area contributed by atoms with Gasteiger partial charge in [-0.2, -0.15) is 4.98 Å². The van der Waals surface area contributed by atoms with Crippen LogP contribution in [0.5, 0.6) is 6.01 Å². The number of aromatic nitrogens is 3. The fourth-order valence-electron chi connectivity index (χ4n) is 1.34. The molecule has 0 unspecified atom stereocenters. The van der Waals surface area contributed by atoms with Crippen LogP contribution < -0.4 is 4.74 Å². The van der Waals surface area contributed by atoms with Crippen molar-refractivity contribution in [2.24, 2.45) is 0 Å². The van der Waals surface area contributed by atoms with Crippen molar-refractivity contribution in [3.63, 3.8) is 0 Å². The Hall–Kier alpha value is -2.71. The third kappa shape index (κ3) is 2.59. The van der Waals surface area contributed by atoms with E-state index in [9.17, 15) is 18.8 Å². The first-order valence-electron chi connectivity index (χ1n) is 4.94. The van der Waals surface area contributed by atoms with E-state index in [1.54, 1.807) is 0 Å². The first kappa shape index (κ1) is 12.7. The van der Waals surface area contributed by atoms with E-state index in [0.29, 0.717) is 0 Å². The highest BCUT2D eigenvalue weighted by Crippen LogP contribution is 2.25. The number of aliphatic carboxylic acids is 1. The topological polar surface area (TPSA) is 97.5 Å². The van der Waals surface area contributed by atoms with Crippen molar-refractivity contribution in [3.8, 4) is 17.4 Å². The number of benzene rings is 1. The SMILES string of the molecule is O=C(O)COc1nc(-c2c(F)cccc2F)n(O)n1. The minimum Gasteiger partial charge on any atom is -0.479 e. The Morgan fingerprint density at radius 3 is 2.58 bits per heavy atom. The number of carbonyl (C=O) groups is 1. The van der Waals surface area contributed by atoms with Crippen molar-refractivity contribution in [1.82, 2.24) is 14.9 Å². The van der Waals surface area contributed by atoms with Gasteiger partial charge in [-0.15, -0.1) is 0 Å². The molecule has 19 heavy (non-hydrogen) atoms. The number of halogens is 2. The Morgan fingerprint density at radius 1 is 1.37 bits per heavy atom. The number of hydrogen-bond acceptors (Lipinski definition) is 5. The Labute approximate surface area is 104 Å². The molecular weight excluding hydrogens is 264 g/mol. The van der Waals surface area contributed by atoms with Crippen molar-refractivity contribution < 1.29 is 28.6 Å². The van der Waals surface area contributed by atoms with Gasteiger partial charge in [0.05, 0.1) is 5.56 Å². The van der Waals surface area contributed by atoms with Crippen molar-refractivity contribution in [2.75, 3.05) is 6.61 Å². The van der Waals surface area contributed by atoms with E-state index in [0.717, 1.165) is 18.2 Å². The summed E-state index contributed by atoms with van der Waals surface area (Å²) in [5, 5.41) is 21.1. The third-order valence-electron chi connectivity index (χ3n) is 2.08.